The number of nitrogens with one attached hydrogen (secondary N) is 2. The van der Waals surface area contributed by atoms with Crippen molar-refractivity contribution in [2.45, 2.75) is 32.9 Å². The molecule has 1 saturated heterocycles. The molecule has 2 N–H and O–H groups in total. The highest BCUT2D eigenvalue weighted by Gasteiger charge is 2.16. The Morgan fingerprint density at radius 2 is 1.93 bits per heavy atom. The Balaban J connectivity index is 1.29. The number of aliphatic imine (C=N–C) groups is 1. The van der Waals surface area contributed by atoms with Crippen LogP contribution in [0.5, 0.6) is 0 Å². The molecule has 0 radical (unpaired) electrons. The minimum Gasteiger partial charge on any atom is -0.357 e. The summed E-state index contributed by atoms with van der Waals surface area (Å²) in [7, 11) is 1.76. The van der Waals surface area contributed by atoms with Crippen LogP contribution in [0.3, 0.4) is 0 Å². The van der Waals surface area contributed by atoms with Crippen molar-refractivity contribution in [2.24, 2.45) is 10.9 Å². The van der Waals surface area contributed by atoms with Gasteiger partial charge >= 0.3 is 0 Å². The molecule has 1 fully saturated rings. The van der Waals surface area contributed by atoms with Crippen LogP contribution in [0.1, 0.15) is 31.2 Å². The fraction of sp³-hybridized carbons (Fsp3) is 0.429. The maximum atomic E-state index is 4.66. The molecule has 0 saturated carbocycles. The van der Waals surface area contributed by atoms with Gasteiger partial charge in [0.2, 0.25) is 0 Å². The van der Waals surface area contributed by atoms with Gasteiger partial charge < -0.3 is 15.5 Å². The molecule has 8 nitrogen and oxygen atoms in total. The first-order valence-electron chi connectivity index (χ1n) is 10.2. The van der Waals surface area contributed by atoms with Crippen molar-refractivity contribution in [3.63, 3.8) is 0 Å². The number of aromatic nitrogens is 4. The molecule has 4 rings (SSSR count). The van der Waals surface area contributed by atoms with E-state index in [0.29, 0.717) is 19.0 Å². The van der Waals surface area contributed by atoms with E-state index in [0.717, 1.165) is 41.9 Å². The molecule has 0 aliphatic carbocycles. The number of rotatable bonds is 5. The van der Waals surface area contributed by atoms with E-state index < -0.39 is 0 Å². The van der Waals surface area contributed by atoms with E-state index in [2.05, 4.69) is 54.8 Å². The van der Waals surface area contributed by atoms with E-state index >= 15 is 0 Å². The summed E-state index contributed by atoms with van der Waals surface area (Å²) in [6.45, 7) is 5.71. The van der Waals surface area contributed by atoms with Crippen LogP contribution in [-0.2, 0) is 13.1 Å². The van der Waals surface area contributed by atoms with Crippen molar-refractivity contribution < 1.29 is 0 Å². The quantitative estimate of drug-likeness (QED) is 0.512. The highest BCUT2D eigenvalue weighted by molar-refractivity contribution is 5.79. The largest absolute Gasteiger partial charge is 0.357 e. The number of fused-ring (bicyclic) bond motifs is 1. The number of hydrogen-bond donors (Lipinski definition) is 2. The van der Waals surface area contributed by atoms with Crippen molar-refractivity contribution in [3.05, 3.63) is 54.1 Å². The van der Waals surface area contributed by atoms with Crippen LogP contribution in [0.15, 0.2) is 47.7 Å². The van der Waals surface area contributed by atoms with Gasteiger partial charge in [0.15, 0.2) is 17.4 Å². The van der Waals surface area contributed by atoms with Crippen LogP contribution < -0.4 is 15.5 Å². The monoisotopic (exact) mass is 392 g/mol. The lowest BCUT2D eigenvalue weighted by molar-refractivity contribution is 0.436. The Kier molecular flexibility index (Phi) is 5.88. The maximum Gasteiger partial charge on any atom is 0.191 e. The molecule has 8 heteroatoms. The highest BCUT2D eigenvalue weighted by atomic mass is 15.3. The van der Waals surface area contributed by atoms with E-state index in [1.807, 2.05) is 35.0 Å². The predicted molar refractivity (Wildman–Crippen MR) is 115 cm³/mol. The predicted octanol–water partition coefficient (Wildman–Crippen LogP) is 2.23. The zero-order chi connectivity index (χ0) is 20.1. The van der Waals surface area contributed by atoms with Gasteiger partial charge in [-0.2, -0.15) is 0 Å². The summed E-state index contributed by atoms with van der Waals surface area (Å²) in [5.41, 5.74) is 1.96. The Bertz CT molecular complexity index is 954. The molecule has 152 valence electrons. The third-order valence-corrected chi connectivity index (χ3v) is 5.40. The fourth-order valence-electron chi connectivity index (χ4n) is 3.53. The van der Waals surface area contributed by atoms with Gasteiger partial charge in [-0.1, -0.05) is 19.1 Å². The zero-order valence-electron chi connectivity index (χ0n) is 17.0. The molecule has 3 aromatic rings. The lowest BCUT2D eigenvalue weighted by Gasteiger charge is -2.31. The number of anilines is 1. The average Bonchev–Trinajstić information content (AvgIpc) is 3.18. The minimum absolute atomic E-state index is 0.537. The molecule has 3 aromatic heterocycles. The second-order valence-electron chi connectivity index (χ2n) is 7.52. The molecule has 4 heterocycles. The standard InChI is InChI=1S/C21H28N8/c1-16-8-11-28(12-9-16)18-7-6-17(13-23-18)14-24-21(22-2)25-15-20-27-26-19-5-3-4-10-29(19)20/h3-7,10,13,16H,8-9,11-12,14-15H2,1-2H3,(H2,22,24,25). The van der Waals surface area contributed by atoms with Crippen LogP contribution in [-0.4, -0.2) is 45.7 Å². The number of hydrogen-bond acceptors (Lipinski definition) is 5. The third-order valence-electron chi connectivity index (χ3n) is 5.40. The first kappa shape index (κ1) is 19.2. The number of nitrogens with zero attached hydrogens (tertiary/aromatic N) is 6. The molecule has 0 unspecified atom stereocenters. The SMILES string of the molecule is CN=C(NCc1ccc(N2CCC(C)CC2)nc1)NCc1nnc2ccccn12. The molecule has 29 heavy (non-hydrogen) atoms. The number of piperidine rings is 1. The maximum absolute atomic E-state index is 4.66. The average molecular weight is 393 g/mol. The lowest BCUT2D eigenvalue weighted by Crippen LogP contribution is -2.37. The Labute approximate surface area is 171 Å². The van der Waals surface area contributed by atoms with E-state index in [1.165, 1.54) is 12.8 Å². The van der Waals surface area contributed by atoms with E-state index in [4.69, 9.17) is 0 Å². The Morgan fingerprint density at radius 1 is 1.10 bits per heavy atom. The molecule has 0 aromatic carbocycles. The van der Waals surface area contributed by atoms with Crippen molar-refractivity contribution >= 4 is 17.4 Å². The van der Waals surface area contributed by atoms with Gasteiger partial charge in [-0.3, -0.25) is 9.39 Å². The van der Waals surface area contributed by atoms with E-state index in [1.54, 1.807) is 7.05 Å². The summed E-state index contributed by atoms with van der Waals surface area (Å²) in [5.74, 6) is 3.45. The van der Waals surface area contributed by atoms with Crippen LogP contribution in [0, 0.1) is 5.92 Å². The summed E-state index contributed by atoms with van der Waals surface area (Å²) in [6.07, 6.45) is 6.39. The van der Waals surface area contributed by atoms with Crippen molar-refractivity contribution in [1.82, 2.24) is 30.2 Å². The van der Waals surface area contributed by atoms with Crippen LogP contribution in [0.4, 0.5) is 5.82 Å². The topological polar surface area (TPSA) is 82.7 Å². The number of pyridine rings is 2. The Morgan fingerprint density at radius 3 is 2.69 bits per heavy atom. The smallest absolute Gasteiger partial charge is 0.191 e. The van der Waals surface area contributed by atoms with E-state index in [-0.39, 0.29) is 0 Å². The van der Waals surface area contributed by atoms with E-state index in [9.17, 15) is 0 Å². The van der Waals surface area contributed by atoms with Crippen LogP contribution in [0.25, 0.3) is 5.65 Å². The summed E-state index contributed by atoms with van der Waals surface area (Å²) in [6, 6.07) is 10.1. The van der Waals surface area contributed by atoms with Crippen LogP contribution >= 0.6 is 0 Å². The Hall–Kier alpha value is -3.16. The van der Waals surface area contributed by atoms with Gasteiger partial charge in [-0.15, -0.1) is 10.2 Å². The van der Waals surface area contributed by atoms with Crippen molar-refractivity contribution in [2.75, 3.05) is 25.0 Å². The second kappa shape index (κ2) is 8.89. The van der Waals surface area contributed by atoms with Gasteiger partial charge in [-0.05, 0) is 42.5 Å². The molecule has 0 amide bonds. The van der Waals surface area contributed by atoms with Crippen LogP contribution in [0.2, 0.25) is 0 Å². The summed E-state index contributed by atoms with van der Waals surface area (Å²) >= 11 is 0. The molecule has 0 atom stereocenters. The lowest BCUT2D eigenvalue weighted by atomic mass is 9.99. The van der Waals surface area contributed by atoms with Crippen molar-refractivity contribution in [3.8, 4) is 0 Å². The third kappa shape index (κ3) is 4.64. The molecular weight excluding hydrogens is 364 g/mol. The van der Waals surface area contributed by atoms with Gasteiger partial charge in [0.25, 0.3) is 0 Å². The van der Waals surface area contributed by atoms with Gasteiger partial charge in [0, 0.05) is 39.1 Å². The minimum atomic E-state index is 0.537. The van der Waals surface area contributed by atoms with Gasteiger partial charge in [-0.25, -0.2) is 4.98 Å². The first-order valence-corrected chi connectivity index (χ1v) is 10.2. The van der Waals surface area contributed by atoms with Gasteiger partial charge in [0.05, 0.1) is 6.54 Å². The first-order chi connectivity index (χ1) is 14.2. The molecule has 1 aliphatic rings. The highest BCUT2D eigenvalue weighted by Crippen LogP contribution is 2.21. The molecular formula is C21H28N8. The number of guanidine groups is 1. The second-order valence-corrected chi connectivity index (χ2v) is 7.52. The van der Waals surface area contributed by atoms with Gasteiger partial charge in [0.1, 0.15) is 5.82 Å². The fourth-order valence-corrected chi connectivity index (χ4v) is 3.53. The summed E-state index contributed by atoms with van der Waals surface area (Å²) in [4.78, 5) is 11.3. The molecule has 0 bridgehead atoms. The summed E-state index contributed by atoms with van der Waals surface area (Å²) < 4.78 is 1.96. The molecule has 0 spiro atoms. The zero-order valence-corrected chi connectivity index (χ0v) is 17.0. The molecule has 1 aliphatic heterocycles. The summed E-state index contributed by atoms with van der Waals surface area (Å²) in [5, 5.41) is 15.0. The normalized spacial score (nSPS) is 15.7. The van der Waals surface area contributed by atoms with Crippen molar-refractivity contribution in [1.29, 1.82) is 0 Å².